The quantitative estimate of drug-likeness (QED) is 0.611. The predicted octanol–water partition coefficient (Wildman–Crippen LogP) is 2.13. The molecule has 5 nitrogen and oxygen atoms in total. The number of nitrogens with zero attached hydrogens (tertiary/aromatic N) is 2. The van der Waals surface area contributed by atoms with Gasteiger partial charge in [0.15, 0.2) is 0 Å². The van der Waals surface area contributed by atoms with E-state index in [9.17, 15) is 10.1 Å². The first-order chi connectivity index (χ1) is 7.18. The van der Waals surface area contributed by atoms with E-state index in [0.717, 1.165) is 5.56 Å². The van der Waals surface area contributed by atoms with Crippen LogP contribution in [-0.2, 0) is 4.74 Å². The summed E-state index contributed by atoms with van der Waals surface area (Å²) in [6.45, 7) is 1.22. The van der Waals surface area contributed by atoms with E-state index >= 15 is 0 Å². The first-order valence-corrected chi connectivity index (χ1v) is 5.09. The van der Waals surface area contributed by atoms with Crippen molar-refractivity contribution in [1.82, 2.24) is 0 Å². The van der Waals surface area contributed by atoms with Gasteiger partial charge in [-0.2, -0.15) is 0 Å². The van der Waals surface area contributed by atoms with Crippen molar-refractivity contribution >= 4 is 27.5 Å². The molecule has 2 rings (SSSR count). The zero-order chi connectivity index (χ0) is 10.8. The largest absolute Gasteiger partial charge is 0.476 e. The number of hydrogen-bond acceptors (Lipinski definition) is 4. The van der Waals surface area contributed by atoms with Gasteiger partial charge in [0.25, 0.3) is 5.69 Å². The van der Waals surface area contributed by atoms with Crippen LogP contribution in [0.5, 0.6) is 0 Å². The predicted molar refractivity (Wildman–Crippen MR) is 58.2 cm³/mol. The Balaban J connectivity index is 2.37. The van der Waals surface area contributed by atoms with Crippen LogP contribution in [0, 0.1) is 10.1 Å². The SMILES string of the molecule is O=[N+]([O-])c1ccc(C2=NCCO2)cc1Br. The van der Waals surface area contributed by atoms with E-state index in [1.165, 1.54) is 6.07 Å². The molecule has 0 saturated carbocycles. The van der Waals surface area contributed by atoms with Crippen LogP contribution in [0.25, 0.3) is 0 Å². The zero-order valence-electron chi connectivity index (χ0n) is 7.64. The zero-order valence-corrected chi connectivity index (χ0v) is 9.23. The van der Waals surface area contributed by atoms with Crippen LogP contribution in [0.1, 0.15) is 5.56 Å². The lowest BCUT2D eigenvalue weighted by atomic mass is 10.2. The van der Waals surface area contributed by atoms with E-state index in [4.69, 9.17) is 4.74 Å². The Morgan fingerprint density at radius 2 is 2.33 bits per heavy atom. The van der Waals surface area contributed by atoms with Gasteiger partial charge in [0.1, 0.15) is 6.61 Å². The third kappa shape index (κ3) is 1.99. The lowest BCUT2D eigenvalue weighted by molar-refractivity contribution is -0.385. The first-order valence-electron chi connectivity index (χ1n) is 4.30. The molecule has 0 spiro atoms. The summed E-state index contributed by atoms with van der Waals surface area (Å²) in [4.78, 5) is 14.3. The molecule has 1 aliphatic rings. The molecule has 0 unspecified atom stereocenters. The molecular weight excluding hydrogens is 264 g/mol. The summed E-state index contributed by atoms with van der Waals surface area (Å²) in [6.07, 6.45) is 0. The summed E-state index contributed by atoms with van der Waals surface area (Å²) in [6, 6.07) is 4.71. The maximum absolute atomic E-state index is 10.6. The molecule has 1 aromatic carbocycles. The van der Waals surface area contributed by atoms with Gasteiger partial charge in [-0.25, -0.2) is 4.99 Å². The Morgan fingerprint density at radius 1 is 1.53 bits per heavy atom. The second-order valence-corrected chi connectivity index (χ2v) is 3.81. The minimum absolute atomic E-state index is 0.0392. The van der Waals surface area contributed by atoms with Crippen molar-refractivity contribution in [3.63, 3.8) is 0 Å². The molecule has 0 radical (unpaired) electrons. The highest BCUT2D eigenvalue weighted by Crippen LogP contribution is 2.26. The smallest absolute Gasteiger partial charge is 0.283 e. The number of nitro benzene ring substituents is 1. The molecule has 1 aromatic rings. The highest BCUT2D eigenvalue weighted by atomic mass is 79.9. The molecule has 0 aliphatic carbocycles. The molecule has 0 atom stereocenters. The second-order valence-electron chi connectivity index (χ2n) is 2.96. The molecule has 0 N–H and O–H groups in total. The van der Waals surface area contributed by atoms with Crippen LogP contribution in [0.15, 0.2) is 27.7 Å². The Bertz CT molecular complexity index is 445. The van der Waals surface area contributed by atoms with Gasteiger partial charge < -0.3 is 4.74 Å². The fourth-order valence-corrected chi connectivity index (χ4v) is 1.82. The van der Waals surface area contributed by atoms with Crippen LogP contribution >= 0.6 is 15.9 Å². The highest BCUT2D eigenvalue weighted by Gasteiger charge is 2.16. The van der Waals surface area contributed by atoms with E-state index in [0.29, 0.717) is 23.5 Å². The van der Waals surface area contributed by atoms with Crippen molar-refractivity contribution in [2.45, 2.75) is 0 Å². The lowest BCUT2D eigenvalue weighted by Crippen LogP contribution is -2.01. The topological polar surface area (TPSA) is 64.7 Å². The van der Waals surface area contributed by atoms with Crippen LogP contribution < -0.4 is 0 Å². The van der Waals surface area contributed by atoms with Gasteiger partial charge in [0, 0.05) is 11.6 Å². The standard InChI is InChI=1S/C9H7BrN2O3/c10-7-5-6(9-11-3-4-15-9)1-2-8(7)12(13)14/h1-2,5H,3-4H2. The van der Waals surface area contributed by atoms with Gasteiger partial charge in [-0.15, -0.1) is 0 Å². The number of nitro groups is 1. The van der Waals surface area contributed by atoms with Gasteiger partial charge in [0.05, 0.1) is 15.9 Å². The summed E-state index contributed by atoms with van der Waals surface area (Å²) >= 11 is 3.14. The molecule has 0 aromatic heterocycles. The van der Waals surface area contributed by atoms with Crippen molar-refractivity contribution in [2.24, 2.45) is 4.99 Å². The first kappa shape index (κ1) is 10.1. The average molecular weight is 271 g/mol. The number of hydrogen-bond donors (Lipinski definition) is 0. The second kappa shape index (κ2) is 3.98. The number of ether oxygens (including phenoxy) is 1. The summed E-state index contributed by atoms with van der Waals surface area (Å²) in [5.74, 6) is 0.547. The minimum atomic E-state index is -0.439. The Hall–Kier alpha value is -1.43. The molecule has 1 aliphatic heterocycles. The third-order valence-electron chi connectivity index (χ3n) is 1.98. The van der Waals surface area contributed by atoms with Crippen molar-refractivity contribution in [2.75, 3.05) is 13.2 Å². The molecule has 15 heavy (non-hydrogen) atoms. The molecule has 0 amide bonds. The molecule has 1 heterocycles. The minimum Gasteiger partial charge on any atom is -0.476 e. The van der Waals surface area contributed by atoms with Crippen LogP contribution in [0.2, 0.25) is 0 Å². The number of rotatable bonds is 2. The highest BCUT2D eigenvalue weighted by molar-refractivity contribution is 9.10. The van der Waals surface area contributed by atoms with Gasteiger partial charge >= 0.3 is 0 Å². The van der Waals surface area contributed by atoms with Gasteiger partial charge in [0.2, 0.25) is 5.90 Å². The molecule has 0 bridgehead atoms. The maximum atomic E-state index is 10.6. The molecule has 0 fully saturated rings. The fraction of sp³-hybridized carbons (Fsp3) is 0.222. The summed E-state index contributed by atoms with van der Waals surface area (Å²) in [5, 5.41) is 10.6. The van der Waals surface area contributed by atoms with E-state index in [2.05, 4.69) is 20.9 Å². The Labute approximate surface area is 94.0 Å². The van der Waals surface area contributed by atoms with Crippen molar-refractivity contribution < 1.29 is 9.66 Å². The number of halogens is 1. The van der Waals surface area contributed by atoms with Crippen LogP contribution in [0.3, 0.4) is 0 Å². The Kier molecular flexibility index (Phi) is 2.68. The molecule has 0 saturated heterocycles. The van der Waals surface area contributed by atoms with Crippen molar-refractivity contribution in [1.29, 1.82) is 0 Å². The summed E-state index contributed by atoms with van der Waals surface area (Å²) < 4.78 is 5.69. The molecule has 6 heteroatoms. The molecule has 78 valence electrons. The number of aliphatic imine (C=N–C) groups is 1. The average Bonchev–Trinajstić information content (AvgIpc) is 2.69. The summed E-state index contributed by atoms with van der Waals surface area (Å²) in [7, 11) is 0. The van der Waals surface area contributed by atoms with Crippen LogP contribution in [-0.4, -0.2) is 24.0 Å². The van der Waals surface area contributed by atoms with E-state index in [1.807, 2.05) is 0 Å². The van der Waals surface area contributed by atoms with Crippen molar-refractivity contribution in [3.05, 3.63) is 38.3 Å². The van der Waals surface area contributed by atoms with Crippen LogP contribution in [0.4, 0.5) is 5.69 Å². The van der Waals surface area contributed by atoms with Gasteiger partial charge in [-0.05, 0) is 28.1 Å². The van der Waals surface area contributed by atoms with Gasteiger partial charge in [-0.1, -0.05) is 0 Å². The Morgan fingerprint density at radius 3 is 2.87 bits per heavy atom. The number of benzene rings is 1. The normalized spacial score (nSPS) is 14.6. The maximum Gasteiger partial charge on any atom is 0.283 e. The fourth-order valence-electron chi connectivity index (χ4n) is 1.30. The lowest BCUT2D eigenvalue weighted by Gasteiger charge is -2.02. The van der Waals surface area contributed by atoms with Gasteiger partial charge in [-0.3, -0.25) is 10.1 Å². The van der Waals surface area contributed by atoms with Crippen molar-refractivity contribution in [3.8, 4) is 0 Å². The van der Waals surface area contributed by atoms with E-state index < -0.39 is 4.92 Å². The van der Waals surface area contributed by atoms with E-state index in [-0.39, 0.29) is 5.69 Å². The van der Waals surface area contributed by atoms with E-state index in [1.54, 1.807) is 12.1 Å². The summed E-state index contributed by atoms with van der Waals surface area (Å²) in [5.41, 5.74) is 0.794. The monoisotopic (exact) mass is 270 g/mol. The third-order valence-corrected chi connectivity index (χ3v) is 2.61. The molecular formula is C9H7BrN2O3.